The van der Waals surface area contributed by atoms with Gasteiger partial charge in [-0.25, -0.2) is 0 Å². The zero-order valence-corrected chi connectivity index (χ0v) is 12.7. The van der Waals surface area contributed by atoms with Crippen LogP contribution in [0.2, 0.25) is 0 Å². The van der Waals surface area contributed by atoms with E-state index >= 15 is 0 Å². The van der Waals surface area contributed by atoms with Crippen LogP contribution in [0.1, 0.15) is 19.3 Å². The Kier molecular flexibility index (Phi) is 6.38. The molecule has 0 bridgehead atoms. The molecule has 0 atom stereocenters. The summed E-state index contributed by atoms with van der Waals surface area (Å²) in [5.41, 5.74) is 0. The minimum atomic E-state index is 0.580. The Morgan fingerprint density at radius 3 is 2.47 bits per heavy atom. The Labute approximate surface area is 118 Å². The molecule has 0 N–H and O–H groups in total. The molecule has 0 spiro atoms. The van der Waals surface area contributed by atoms with E-state index in [4.69, 9.17) is 14.7 Å². The molecule has 3 nitrogen and oxygen atoms in total. The number of nitrogens with zero attached hydrogens (tertiary/aromatic N) is 1. The highest BCUT2D eigenvalue weighted by Crippen LogP contribution is 2.36. The minimum Gasteiger partial charge on any atom is -0.496 e. The molecule has 17 heavy (non-hydrogen) atoms. The van der Waals surface area contributed by atoms with Gasteiger partial charge < -0.3 is 9.47 Å². The van der Waals surface area contributed by atoms with Crippen LogP contribution in [0, 0.1) is 11.3 Å². The molecule has 0 fully saturated rings. The number of hydrogen-bond donors (Lipinski definition) is 0. The number of nitriles is 1. The predicted octanol–water partition coefficient (Wildman–Crippen LogP) is 4.29. The van der Waals surface area contributed by atoms with Crippen LogP contribution in [0.5, 0.6) is 11.5 Å². The number of hydrogen-bond acceptors (Lipinski definition) is 3. The number of methoxy groups -OCH3 is 1. The first kappa shape index (κ1) is 14.3. The van der Waals surface area contributed by atoms with Crippen LogP contribution in [0.15, 0.2) is 21.1 Å². The highest BCUT2D eigenvalue weighted by Gasteiger charge is 2.07. The number of ether oxygens (including phenoxy) is 2. The number of unbranched alkanes of at least 4 members (excludes halogenated alkanes) is 2. The summed E-state index contributed by atoms with van der Waals surface area (Å²) in [5, 5.41) is 8.40. The topological polar surface area (TPSA) is 42.2 Å². The molecule has 0 heterocycles. The number of halogens is 2. The normalized spacial score (nSPS) is 9.76. The molecular formula is C12H13Br2NO2. The summed E-state index contributed by atoms with van der Waals surface area (Å²) in [7, 11) is 1.62. The summed E-state index contributed by atoms with van der Waals surface area (Å²) in [6.07, 6.45) is 2.33. The Hall–Kier alpha value is -0.730. The van der Waals surface area contributed by atoms with Crippen LogP contribution >= 0.6 is 31.9 Å². The van der Waals surface area contributed by atoms with Crippen molar-refractivity contribution in [1.82, 2.24) is 0 Å². The summed E-state index contributed by atoms with van der Waals surface area (Å²) < 4.78 is 12.5. The van der Waals surface area contributed by atoms with Gasteiger partial charge in [0.15, 0.2) is 0 Å². The van der Waals surface area contributed by atoms with E-state index in [1.54, 1.807) is 7.11 Å². The molecule has 0 radical (unpaired) electrons. The first-order valence-corrected chi connectivity index (χ1v) is 6.80. The maximum atomic E-state index is 8.40. The van der Waals surface area contributed by atoms with Gasteiger partial charge >= 0.3 is 0 Å². The summed E-state index contributed by atoms with van der Waals surface area (Å²) in [6, 6.07) is 5.84. The maximum Gasteiger partial charge on any atom is 0.134 e. The van der Waals surface area contributed by atoms with Gasteiger partial charge in [-0.2, -0.15) is 5.26 Å². The van der Waals surface area contributed by atoms with Crippen molar-refractivity contribution in [1.29, 1.82) is 5.26 Å². The van der Waals surface area contributed by atoms with Crippen molar-refractivity contribution in [3.05, 3.63) is 21.1 Å². The highest BCUT2D eigenvalue weighted by molar-refractivity contribution is 9.11. The van der Waals surface area contributed by atoms with Crippen molar-refractivity contribution in [2.45, 2.75) is 19.3 Å². The van der Waals surface area contributed by atoms with Crippen LogP contribution in [0.25, 0.3) is 0 Å². The van der Waals surface area contributed by atoms with E-state index in [-0.39, 0.29) is 0 Å². The molecule has 0 unspecified atom stereocenters. The first-order chi connectivity index (χ1) is 8.19. The standard InChI is InChI=1S/C12H13Br2NO2/c1-16-11-7-10(14)12(8-9(11)13)17-6-4-2-3-5-15/h7-8H,2-4,6H2,1H3. The van der Waals surface area contributed by atoms with Gasteiger partial charge in [-0.15, -0.1) is 0 Å². The Morgan fingerprint density at radius 2 is 1.82 bits per heavy atom. The lowest BCUT2D eigenvalue weighted by atomic mass is 10.2. The molecule has 0 aliphatic rings. The van der Waals surface area contributed by atoms with E-state index in [1.807, 2.05) is 12.1 Å². The third kappa shape index (κ3) is 4.57. The molecule has 0 aliphatic carbocycles. The zero-order chi connectivity index (χ0) is 12.7. The average Bonchev–Trinajstić information content (AvgIpc) is 2.32. The van der Waals surface area contributed by atoms with Gasteiger partial charge in [-0.05, 0) is 56.8 Å². The summed E-state index contributed by atoms with van der Waals surface area (Å²) in [6.45, 7) is 0.610. The monoisotopic (exact) mass is 361 g/mol. The van der Waals surface area contributed by atoms with E-state index in [9.17, 15) is 0 Å². The summed E-state index contributed by atoms with van der Waals surface area (Å²) in [4.78, 5) is 0. The zero-order valence-electron chi connectivity index (χ0n) is 9.50. The van der Waals surface area contributed by atoms with Crippen molar-refractivity contribution in [3.8, 4) is 17.6 Å². The van der Waals surface area contributed by atoms with Crippen molar-refractivity contribution >= 4 is 31.9 Å². The molecule has 5 heteroatoms. The van der Waals surface area contributed by atoms with E-state index in [0.29, 0.717) is 13.0 Å². The number of rotatable bonds is 6. The largest absolute Gasteiger partial charge is 0.496 e. The second kappa shape index (κ2) is 7.57. The van der Waals surface area contributed by atoms with E-state index < -0.39 is 0 Å². The lowest BCUT2D eigenvalue weighted by molar-refractivity contribution is 0.304. The van der Waals surface area contributed by atoms with Gasteiger partial charge in [0, 0.05) is 6.42 Å². The van der Waals surface area contributed by atoms with Crippen LogP contribution in [-0.2, 0) is 0 Å². The van der Waals surface area contributed by atoms with Crippen LogP contribution in [0.4, 0.5) is 0 Å². The summed E-state index contributed by atoms with van der Waals surface area (Å²) >= 11 is 6.83. The quantitative estimate of drug-likeness (QED) is 0.708. The molecule has 0 aliphatic heterocycles. The van der Waals surface area contributed by atoms with E-state index in [2.05, 4.69) is 37.9 Å². The lowest BCUT2D eigenvalue weighted by Gasteiger charge is -2.10. The SMILES string of the molecule is COc1cc(Br)c(OCCCCC#N)cc1Br. The van der Waals surface area contributed by atoms with E-state index in [1.165, 1.54) is 0 Å². The molecule has 0 saturated heterocycles. The fourth-order valence-electron chi connectivity index (χ4n) is 1.27. The van der Waals surface area contributed by atoms with Crippen LogP contribution < -0.4 is 9.47 Å². The fraction of sp³-hybridized carbons (Fsp3) is 0.417. The molecule has 1 aromatic rings. The molecular weight excluding hydrogens is 350 g/mol. The maximum absolute atomic E-state index is 8.40. The van der Waals surface area contributed by atoms with Crippen LogP contribution in [0.3, 0.4) is 0 Å². The predicted molar refractivity (Wildman–Crippen MR) is 73.4 cm³/mol. The molecule has 1 rings (SSSR count). The molecule has 0 amide bonds. The average molecular weight is 363 g/mol. The smallest absolute Gasteiger partial charge is 0.134 e. The molecule has 92 valence electrons. The van der Waals surface area contributed by atoms with Gasteiger partial charge in [-0.1, -0.05) is 0 Å². The Morgan fingerprint density at radius 1 is 1.18 bits per heavy atom. The summed E-state index contributed by atoms with van der Waals surface area (Å²) in [5.74, 6) is 1.53. The third-order valence-corrected chi connectivity index (χ3v) is 3.39. The minimum absolute atomic E-state index is 0.580. The van der Waals surface area contributed by atoms with Gasteiger partial charge in [0.2, 0.25) is 0 Å². The van der Waals surface area contributed by atoms with E-state index in [0.717, 1.165) is 33.3 Å². The highest BCUT2D eigenvalue weighted by atomic mass is 79.9. The second-order valence-electron chi connectivity index (χ2n) is 3.38. The van der Waals surface area contributed by atoms with Gasteiger partial charge in [0.05, 0.1) is 28.7 Å². The first-order valence-electron chi connectivity index (χ1n) is 5.21. The van der Waals surface area contributed by atoms with Crippen LogP contribution in [-0.4, -0.2) is 13.7 Å². The fourth-order valence-corrected chi connectivity index (χ4v) is 2.19. The third-order valence-electron chi connectivity index (χ3n) is 2.15. The molecule has 1 aromatic carbocycles. The van der Waals surface area contributed by atoms with Gasteiger partial charge in [0.25, 0.3) is 0 Å². The van der Waals surface area contributed by atoms with Crippen molar-refractivity contribution in [2.24, 2.45) is 0 Å². The van der Waals surface area contributed by atoms with Crippen molar-refractivity contribution < 1.29 is 9.47 Å². The second-order valence-corrected chi connectivity index (χ2v) is 5.09. The van der Waals surface area contributed by atoms with Gasteiger partial charge in [0.1, 0.15) is 11.5 Å². The number of benzene rings is 1. The Balaban J connectivity index is 2.54. The van der Waals surface area contributed by atoms with Crippen molar-refractivity contribution in [3.63, 3.8) is 0 Å². The lowest BCUT2D eigenvalue weighted by Crippen LogP contribution is -1.98. The molecule has 0 aromatic heterocycles. The Bertz CT molecular complexity index is 416. The molecule has 0 saturated carbocycles. The van der Waals surface area contributed by atoms with Crippen molar-refractivity contribution in [2.75, 3.05) is 13.7 Å². The van der Waals surface area contributed by atoms with Gasteiger partial charge in [-0.3, -0.25) is 0 Å².